The molecule has 1 saturated heterocycles. The molecule has 1 aliphatic rings. The van der Waals surface area contributed by atoms with Crippen molar-refractivity contribution >= 4 is 51.5 Å². The lowest BCUT2D eigenvalue weighted by molar-refractivity contribution is -0.146. The highest BCUT2D eigenvalue weighted by atomic mass is 35.5. The summed E-state index contributed by atoms with van der Waals surface area (Å²) in [5.74, 6) is -0.959. The van der Waals surface area contributed by atoms with Gasteiger partial charge in [0.05, 0.1) is 12.1 Å². The third-order valence-electron chi connectivity index (χ3n) is 4.08. The summed E-state index contributed by atoms with van der Waals surface area (Å²) in [5.41, 5.74) is 1.83. The molecule has 7 nitrogen and oxygen atoms in total. The number of hydrogen-bond acceptors (Lipinski definition) is 6. The van der Waals surface area contributed by atoms with Gasteiger partial charge in [0.15, 0.2) is 11.7 Å². The maximum Gasteiger partial charge on any atom is 0.312 e. The van der Waals surface area contributed by atoms with Gasteiger partial charge in [-0.05, 0) is 31.0 Å². The van der Waals surface area contributed by atoms with E-state index in [-0.39, 0.29) is 12.3 Å². The van der Waals surface area contributed by atoms with Gasteiger partial charge in [-0.2, -0.15) is 0 Å². The molecule has 2 amide bonds. The minimum atomic E-state index is -0.558. The van der Waals surface area contributed by atoms with E-state index in [1.165, 1.54) is 11.3 Å². The van der Waals surface area contributed by atoms with Crippen molar-refractivity contribution in [3.8, 4) is 0 Å². The van der Waals surface area contributed by atoms with E-state index in [1.807, 2.05) is 0 Å². The first-order valence-electron chi connectivity index (χ1n) is 8.39. The zero-order valence-corrected chi connectivity index (χ0v) is 16.2. The lowest BCUT2D eigenvalue weighted by Gasteiger charge is -2.10. The van der Waals surface area contributed by atoms with Crippen LogP contribution in [0.25, 0.3) is 0 Å². The molecule has 3 rings (SSSR count). The predicted molar refractivity (Wildman–Crippen MR) is 103 cm³/mol. The molecule has 0 spiro atoms. The molecule has 2 heterocycles. The normalized spacial score (nSPS) is 13.7. The van der Waals surface area contributed by atoms with Crippen molar-refractivity contribution < 1.29 is 19.1 Å². The second kappa shape index (κ2) is 8.49. The zero-order chi connectivity index (χ0) is 19.4. The first-order valence-corrected chi connectivity index (χ1v) is 9.65. The minimum Gasteiger partial charge on any atom is -0.455 e. The number of ether oxygens (including phenoxy) is 1. The standard InChI is InChI=1S/C18H18ClN3O4S/c1-11-13(19)4-2-5-14(11)21-15(23)9-26-17(25)8-12-10-27-18(20-12)22-7-3-6-16(22)24/h2,4-5,10H,3,6-9H2,1H3,(H,21,23). The molecule has 1 aromatic carbocycles. The van der Waals surface area contributed by atoms with Gasteiger partial charge in [0.25, 0.3) is 5.91 Å². The van der Waals surface area contributed by atoms with Gasteiger partial charge in [0.2, 0.25) is 5.91 Å². The van der Waals surface area contributed by atoms with Crippen LogP contribution >= 0.6 is 22.9 Å². The monoisotopic (exact) mass is 407 g/mol. The molecule has 0 saturated carbocycles. The summed E-state index contributed by atoms with van der Waals surface area (Å²) in [6.45, 7) is 2.04. The van der Waals surface area contributed by atoms with E-state index < -0.39 is 18.5 Å². The van der Waals surface area contributed by atoms with Crippen molar-refractivity contribution in [3.63, 3.8) is 0 Å². The van der Waals surface area contributed by atoms with Crippen LogP contribution in [0.2, 0.25) is 5.02 Å². The summed E-state index contributed by atoms with van der Waals surface area (Å²) in [6, 6.07) is 5.17. The highest BCUT2D eigenvalue weighted by Crippen LogP contribution is 2.25. The molecular formula is C18H18ClN3O4S. The van der Waals surface area contributed by atoms with Gasteiger partial charge in [-0.3, -0.25) is 19.3 Å². The SMILES string of the molecule is Cc1c(Cl)cccc1NC(=O)COC(=O)Cc1csc(N2CCCC2=O)n1. The van der Waals surface area contributed by atoms with Gasteiger partial charge in [-0.1, -0.05) is 17.7 Å². The second-order valence-corrected chi connectivity index (χ2v) is 7.31. The molecule has 0 radical (unpaired) electrons. The number of nitrogens with one attached hydrogen (secondary N) is 1. The number of carbonyl (C=O) groups is 3. The molecule has 0 atom stereocenters. The zero-order valence-electron chi connectivity index (χ0n) is 14.7. The summed E-state index contributed by atoms with van der Waals surface area (Å²) < 4.78 is 5.01. The number of nitrogens with zero attached hydrogens (tertiary/aromatic N) is 2. The van der Waals surface area contributed by atoms with Gasteiger partial charge < -0.3 is 10.1 Å². The Bertz CT molecular complexity index is 883. The lowest BCUT2D eigenvalue weighted by atomic mass is 10.2. The van der Waals surface area contributed by atoms with Gasteiger partial charge in [-0.25, -0.2) is 4.98 Å². The van der Waals surface area contributed by atoms with Crippen LogP contribution in [0.15, 0.2) is 23.6 Å². The molecule has 0 aliphatic carbocycles. The smallest absolute Gasteiger partial charge is 0.312 e. The van der Waals surface area contributed by atoms with Crippen LogP contribution in [0.5, 0.6) is 0 Å². The van der Waals surface area contributed by atoms with Gasteiger partial charge >= 0.3 is 5.97 Å². The molecule has 9 heteroatoms. The quantitative estimate of drug-likeness (QED) is 0.743. The average Bonchev–Trinajstić information content (AvgIpc) is 3.26. The number of esters is 1. The Hall–Kier alpha value is -2.45. The highest BCUT2D eigenvalue weighted by molar-refractivity contribution is 7.14. The average molecular weight is 408 g/mol. The van der Waals surface area contributed by atoms with Crippen LogP contribution in [0.1, 0.15) is 24.1 Å². The maximum absolute atomic E-state index is 12.0. The molecule has 27 heavy (non-hydrogen) atoms. The first kappa shape index (κ1) is 19.3. The number of benzene rings is 1. The van der Waals surface area contributed by atoms with E-state index in [1.54, 1.807) is 35.4 Å². The van der Waals surface area contributed by atoms with E-state index in [0.717, 1.165) is 12.0 Å². The molecule has 1 fully saturated rings. The highest BCUT2D eigenvalue weighted by Gasteiger charge is 2.24. The molecular weight excluding hydrogens is 390 g/mol. The first-order chi connectivity index (χ1) is 12.9. The molecule has 1 N–H and O–H groups in total. The topological polar surface area (TPSA) is 88.6 Å². The van der Waals surface area contributed by atoms with Crippen molar-refractivity contribution in [1.82, 2.24) is 4.98 Å². The summed E-state index contributed by atoms with van der Waals surface area (Å²) >= 11 is 7.32. The number of thiazole rings is 1. The third kappa shape index (κ3) is 4.84. The Morgan fingerprint density at radius 1 is 1.41 bits per heavy atom. The Kier molecular flexibility index (Phi) is 6.08. The molecule has 1 aromatic heterocycles. The van der Waals surface area contributed by atoms with Crippen LogP contribution < -0.4 is 10.2 Å². The fourth-order valence-corrected chi connectivity index (χ4v) is 3.67. The fraction of sp³-hybridized carbons (Fsp3) is 0.333. The molecule has 0 bridgehead atoms. The number of anilines is 2. The van der Waals surface area contributed by atoms with Crippen LogP contribution in [0.4, 0.5) is 10.8 Å². The number of amides is 2. The van der Waals surface area contributed by atoms with Crippen molar-refractivity contribution in [2.75, 3.05) is 23.4 Å². The Morgan fingerprint density at radius 2 is 2.22 bits per heavy atom. The van der Waals surface area contributed by atoms with Crippen LogP contribution in [-0.2, 0) is 25.5 Å². The summed E-state index contributed by atoms with van der Waals surface area (Å²) in [4.78, 5) is 41.6. The minimum absolute atomic E-state index is 0.0476. The number of rotatable bonds is 6. The van der Waals surface area contributed by atoms with E-state index >= 15 is 0 Å². The van der Waals surface area contributed by atoms with Crippen LogP contribution in [-0.4, -0.2) is 35.9 Å². The van der Waals surface area contributed by atoms with E-state index in [0.29, 0.717) is 34.5 Å². The van der Waals surface area contributed by atoms with E-state index in [9.17, 15) is 14.4 Å². The van der Waals surface area contributed by atoms with Crippen molar-refractivity contribution in [3.05, 3.63) is 39.9 Å². The summed E-state index contributed by atoms with van der Waals surface area (Å²) in [5, 5.41) is 5.51. The van der Waals surface area contributed by atoms with E-state index in [4.69, 9.17) is 16.3 Å². The number of aromatic nitrogens is 1. The van der Waals surface area contributed by atoms with Gasteiger partial charge in [-0.15, -0.1) is 11.3 Å². The van der Waals surface area contributed by atoms with Gasteiger partial charge in [0.1, 0.15) is 0 Å². The van der Waals surface area contributed by atoms with Crippen molar-refractivity contribution in [2.24, 2.45) is 0 Å². The Labute approximate surface area is 165 Å². The van der Waals surface area contributed by atoms with Crippen molar-refractivity contribution in [1.29, 1.82) is 0 Å². The predicted octanol–water partition coefficient (Wildman–Crippen LogP) is 2.96. The Balaban J connectivity index is 1.48. The van der Waals surface area contributed by atoms with Crippen molar-refractivity contribution in [2.45, 2.75) is 26.2 Å². The maximum atomic E-state index is 12.0. The largest absolute Gasteiger partial charge is 0.455 e. The molecule has 142 valence electrons. The number of carbonyl (C=O) groups excluding carboxylic acids is 3. The lowest BCUT2D eigenvalue weighted by Crippen LogP contribution is -2.23. The fourth-order valence-electron chi connectivity index (χ4n) is 2.63. The molecule has 0 unspecified atom stereocenters. The second-order valence-electron chi connectivity index (χ2n) is 6.07. The third-order valence-corrected chi connectivity index (χ3v) is 5.40. The molecule has 1 aliphatic heterocycles. The Morgan fingerprint density at radius 3 is 2.96 bits per heavy atom. The van der Waals surface area contributed by atoms with Crippen LogP contribution in [0, 0.1) is 6.92 Å². The molecule has 2 aromatic rings. The number of hydrogen-bond donors (Lipinski definition) is 1. The van der Waals surface area contributed by atoms with Gasteiger partial charge in [0, 0.05) is 29.1 Å². The van der Waals surface area contributed by atoms with Crippen LogP contribution in [0.3, 0.4) is 0 Å². The summed E-state index contributed by atoms with van der Waals surface area (Å²) in [6.07, 6.45) is 1.29. The van der Waals surface area contributed by atoms with E-state index in [2.05, 4.69) is 10.3 Å². The summed E-state index contributed by atoms with van der Waals surface area (Å²) in [7, 11) is 0. The number of halogens is 1.